The number of aromatic carboxylic acids is 1. The van der Waals surface area contributed by atoms with E-state index in [-0.39, 0.29) is 5.56 Å². The Kier molecular flexibility index (Phi) is 3.03. The van der Waals surface area contributed by atoms with Gasteiger partial charge in [0.2, 0.25) is 0 Å². The third-order valence-corrected chi connectivity index (χ3v) is 3.32. The molecule has 1 N–H and O–H groups in total. The summed E-state index contributed by atoms with van der Waals surface area (Å²) >= 11 is 0. The van der Waals surface area contributed by atoms with Gasteiger partial charge in [0.1, 0.15) is 5.52 Å². The number of nitriles is 1. The van der Waals surface area contributed by atoms with Crippen molar-refractivity contribution < 1.29 is 14.3 Å². The molecule has 3 rings (SSSR count). The topological polar surface area (TPSA) is 90.4 Å². The van der Waals surface area contributed by atoms with Crippen molar-refractivity contribution in [1.29, 1.82) is 5.26 Å². The number of nitrogens with zero attached hydrogens (tertiary/aromatic N) is 3. The van der Waals surface area contributed by atoms with Crippen LogP contribution < -0.4 is 4.90 Å². The summed E-state index contributed by atoms with van der Waals surface area (Å²) in [6.45, 7) is 0.583. The number of carbonyl (C=O) groups is 1. The maximum atomic E-state index is 10.9. The zero-order valence-electron chi connectivity index (χ0n) is 10.7. The molecule has 1 heterocycles. The molecule has 0 radical (unpaired) electrons. The molecular weight excluding hydrogens is 258 g/mol. The molecule has 2 aromatic rings. The molecule has 0 saturated heterocycles. The van der Waals surface area contributed by atoms with Crippen LogP contribution in [-0.2, 0) is 0 Å². The Morgan fingerprint density at radius 1 is 1.55 bits per heavy atom. The van der Waals surface area contributed by atoms with Crippen LogP contribution in [0.2, 0.25) is 0 Å². The summed E-state index contributed by atoms with van der Waals surface area (Å²) < 4.78 is 5.66. The standard InChI is InChI=1S/C14H13N3O3/c15-6-1-7-17(10-3-4-10)14-16-11-5-2-9(13(18)19)8-12(11)20-14/h2,5,8,10H,1,3-4,7H2,(H,18,19). The first-order valence-electron chi connectivity index (χ1n) is 6.46. The molecule has 0 aliphatic heterocycles. The van der Waals surface area contributed by atoms with Crippen LogP contribution in [0.25, 0.3) is 11.1 Å². The monoisotopic (exact) mass is 271 g/mol. The van der Waals surface area contributed by atoms with Gasteiger partial charge >= 0.3 is 5.97 Å². The van der Waals surface area contributed by atoms with Crippen molar-refractivity contribution in [3.8, 4) is 6.07 Å². The minimum Gasteiger partial charge on any atom is -0.478 e. The van der Waals surface area contributed by atoms with Crippen LogP contribution in [0, 0.1) is 11.3 Å². The van der Waals surface area contributed by atoms with Crippen molar-refractivity contribution in [1.82, 2.24) is 4.98 Å². The van der Waals surface area contributed by atoms with Gasteiger partial charge in [-0.15, -0.1) is 0 Å². The normalized spacial score (nSPS) is 14.2. The Morgan fingerprint density at radius 2 is 2.35 bits per heavy atom. The maximum absolute atomic E-state index is 10.9. The number of fused-ring (bicyclic) bond motifs is 1. The molecule has 1 aromatic carbocycles. The van der Waals surface area contributed by atoms with Crippen LogP contribution in [0.15, 0.2) is 22.6 Å². The minimum absolute atomic E-state index is 0.176. The predicted octanol–water partition coefficient (Wildman–Crippen LogP) is 2.41. The molecule has 6 heteroatoms. The van der Waals surface area contributed by atoms with Crippen LogP contribution in [0.4, 0.5) is 6.01 Å². The molecule has 1 saturated carbocycles. The summed E-state index contributed by atoms with van der Waals surface area (Å²) in [5.41, 5.74) is 1.27. The van der Waals surface area contributed by atoms with E-state index in [1.807, 2.05) is 4.90 Å². The lowest BCUT2D eigenvalue weighted by Crippen LogP contribution is -2.26. The molecule has 1 fully saturated rings. The molecule has 20 heavy (non-hydrogen) atoms. The molecule has 0 spiro atoms. The summed E-state index contributed by atoms with van der Waals surface area (Å²) in [4.78, 5) is 17.3. The van der Waals surface area contributed by atoms with Crippen molar-refractivity contribution >= 4 is 23.1 Å². The lowest BCUT2D eigenvalue weighted by Gasteiger charge is -2.17. The highest BCUT2D eigenvalue weighted by molar-refractivity contribution is 5.92. The third-order valence-electron chi connectivity index (χ3n) is 3.32. The Bertz CT molecular complexity index is 697. The summed E-state index contributed by atoms with van der Waals surface area (Å²) in [5, 5.41) is 17.7. The molecule has 6 nitrogen and oxygen atoms in total. The van der Waals surface area contributed by atoms with Gasteiger partial charge in [0, 0.05) is 12.6 Å². The number of anilines is 1. The number of carboxylic acids is 1. The highest BCUT2D eigenvalue weighted by Gasteiger charge is 2.31. The van der Waals surface area contributed by atoms with Gasteiger partial charge in [-0.3, -0.25) is 0 Å². The van der Waals surface area contributed by atoms with Gasteiger partial charge in [0.05, 0.1) is 18.1 Å². The lowest BCUT2D eigenvalue weighted by molar-refractivity contribution is 0.0697. The van der Waals surface area contributed by atoms with Gasteiger partial charge < -0.3 is 14.4 Å². The van der Waals surface area contributed by atoms with Crippen LogP contribution in [0.5, 0.6) is 0 Å². The van der Waals surface area contributed by atoms with Crippen molar-refractivity contribution in [2.75, 3.05) is 11.4 Å². The van der Waals surface area contributed by atoms with E-state index < -0.39 is 5.97 Å². The van der Waals surface area contributed by atoms with Crippen LogP contribution >= 0.6 is 0 Å². The Morgan fingerprint density at radius 3 is 3.00 bits per heavy atom. The van der Waals surface area contributed by atoms with E-state index in [1.165, 1.54) is 12.1 Å². The van der Waals surface area contributed by atoms with Gasteiger partial charge in [-0.05, 0) is 31.0 Å². The Hall–Kier alpha value is -2.55. The second kappa shape index (κ2) is 4.85. The van der Waals surface area contributed by atoms with Crippen LogP contribution in [-0.4, -0.2) is 28.6 Å². The lowest BCUT2D eigenvalue weighted by atomic mass is 10.2. The van der Waals surface area contributed by atoms with Gasteiger partial charge in [-0.2, -0.15) is 10.2 Å². The number of oxazole rings is 1. The third kappa shape index (κ3) is 2.30. The maximum Gasteiger partial charge on any atom is 0.335 e. The summed E-state index contributed by atoms with van der Waals surface area (Å²) in [6, 6.07) is 7.60. The first kappa shape index (κ1) is 12.5. The first-order chi connectivity index (χ1) is 9.69. The van der Waals surface area contributed by atoms with E-state index in [0.717, 1.165) is 12.8 Å². The Labute approximate surface area is 115 Å². The van der Waals surface area contributed by atoms with Crippen LogP contribution in [0.1, 0.15) is 29.6 Å². The quantitative estimate of drug-likeness (QED) is 0.898. The van der Waals surface area contributed by atoms with Crippen molar-refractivity contribution in [2.45, 2.75) is 25.3 Å². The van der Waals surface area contributed by atoms with E-state index >= 15 is 0 Å². The smallest absolute Gasteiger partial charge is 0.335 e. The SMILES string of the molecule is N#CCCN(c1nc2ccc(C(=O)O)cc2o1)C1CC1. The number of rotatable bonds is 5. The number of aromatic nitrogens is 1. The fourth-order valence-electron chi connectivity index (χ4n) is 2.16. The largest absolute Gasteiger partial charge is 0.478 e. The molecule has 0 bridgehead atoms. The summed E-state index contributed by atoms with van der Waals surface area (Å²) in [5.74, 6) is -0.992. The van der Waals surface area contributed by atoms with Crippen molar-refractivity contribution in [2.24, 2.45) is 0 Å². The second-order valence-corrected chi connectivity index (χ2v) is 4.82. The molecule has 1 aliphatic rings. The van der Waals surface area contributed by atoms with Gasteiger partial charge in [-0.25, -0.2) is 4.79 Å². The zero-order chi connectivity index (χ0) is 14.1. The van der Waals surface area contributed by atoms with E-state index in [1.54, 1.807) is 6.07 Å². The fraction of sp³-hybridized carbons (Fsp3) is 0.357. The molecule has 0 atom stereocenters. The number of hydrogen-bond donors (Lipinski definition) is 1. The molecular formula is C14H13N3O3. The molecule has 1 aliphatic carbocycles. The highest BCUT2D eigenvalue weighted by atomic mass is 16.4. The molecule has 0 amide bonds. The first-order valence-corrected chi connectivity index (χ1v) is 6.46. The van der Waals surface area contributed by atoms with Crippen LogP contribution in [0.3, 0.4) is 0 Å². The second-order valence-electron chi connectivity index (χ2n) is 4.82. The number of carboxylic acid groups (broad SMARTS) is 1. The summed E-state index contributed by atoms with van der Waals surface area (Å²) in [7, 11) is 0. The Balaban J connectivity index is 1.94. The molecule has 1 aromatic heterocycles. The van der Waals surface area contributed by atoms with Crippen molar-refractivity contribution in [3.63, 3.8) is 0 Å². The average molecular weight is 271 g/mol. The van der Waals surface area contributed by atoms with E-state index in [0.29, 0.717) is 36.1 Å². The van der Waals surface area contributed by atoms with E-state index in [9.17, 15) is 4.79 Å². The van der Waals surface area contributed by atoms with Gasteiger partial charge in [0.25, 0.3) is 6.01 Å². The van der Waals surface area contributed by atoms with E-state index in [2.05, 4.69) is 11.1 Å². The number of hydrogen-bond acceptors (Lipinski definition) is 5. The summed E-state index contributed by atoms with van der Waals surface area (Å²) in [6.07, 6.45) is 2.56. The van der Waals surface area contributed by atoms with Gasteiger partial charge in [0.15, 0.2) is 5.58 Å². The fourth-order valence-corrected chi connectivity index (χ4v) is 2.16. The molecule has 102 valence electrons. The molecule has 0 unspecified atom stereocenters. The highest BCUT2D eigenvalue weighted by Crippen LogP contribution is 2.33. The zero-order valence-corrected chi connectivity index (χ0v) is 10.7. The van der Waals surface area contributed by atoms with E-state index in [4.69, 9.17) is 14.8 Å². The predicted molar refractivity (Wildman–Crippen MR) is 71.6 cm³/mol. The van der Waals surface area contributed by atoms with Gasteiger partial charge in [-0.1, -0.05) is 0 Å². The van der Waals surface area contributed by atoms with Crippen molar-refractivity contribution in [3.05, 3.63) is 23.8 Å². The average Bonchev–Trinajstić information content (AvgIpc) is 3.17. The minimum atomic E-state index is -0.992. The number of benzene rings is 1.